The summed E-state index contributed by atoms with van der Waals surface area (Å²) in [5, 5.41) is 3.80. The molecule has 2 aliphatic heterocycles. The van der Waals surface area contributed by atoms with Crippen LogP contribution in [0.15, 0.2) is 28.7 Å². The summed E-state index contributed by atoms with van der Waals surface area (Å²) in [6.07, 6.45) is 2.74. The number of benzene rings is 1. The van der Waals surface area contributed by atoms with E-state index in [1.54, 1.807) is 11.3 Å². The van der Waals surface area contributed by atoms with E-state index < -0.39 is 0 Å². The molecule has 0 unspecified atom stereocenters. The normalized spacial score (nSPS) is 17.6. The van der Waals surface area contributed by atoms with Crippen LogP contribution in [0.3, 0.4) is 0 Å². The number of hydrogen-bond donors (Lipinski definition) is 1. The first-order valence-corrected chi connectivity index (χ1v) is 9.60. The van der Waals surface area contributed by atoms with Crippen molar-refractivity contribution in [2.45, 2.75) is 13.0 Å². The monoisotopic (exact) mass is 377 g/mol. The van der Waals surface area contributed by atoms with E-state index in [1.165, 1.54) is 0 Å². The maximum Gasteiger partial charge on any atom is 0.191 e. The summed E-state index contributed by atoms with van der Waals surface area (Å²) < 4.78 is 5.72. The second-order valence-corrected chi connectivity index (χ2v) is 7.42. The molecule has 4 rings (SSSR count). The van der Waals surface area contributed by atoms with E-state index in [0.717, 1.165) is 59.6 Å². The molecule has 25 heavy (non-hydrogen) atoms. The van der Waals surface area contributed by atoms with Crippen LogP contribution < -0.4 is 15.4 Å². The molecule has 0 aliphatic carbocycles. The van der Waals surface area contributed by atoms with Gasteiger partial charge in [0.15, 0.2) is 11.1 Å². The number of fused-ring (bicyclic) bond motifs is 1. The molecule has 0 bridgehead atoms. The van der Waals surface area contributed by atoms with Crippen LogP contribution >= 0.6 is 22.9 Å². The van der Waals surface area contributed by atoms with Gasteiger partial charge < -0.3 is 20.3 Å². The molecule has 8 heteroatoms. The highest BCUT2D eigenvalue weighted by molar-refractivity contribution is 7.13. The molecule has 0 saturated carbocycles. The van der Waals surface area contributed by atoms with Crippen molar-refractivity contribution in [2.24, 2.45) is 10.7 Å². The maximum absolute atomic E-state index is 6.21. The Morgan fingerprint density at radius 3 is 2.92 bits per heavy atom. The lowest BCUT2D eigenvalue weighted by atomic mass is 10.1. The summed E-state index contributed by atoms with van der Waals surface area (Å²) in [6.45, 7) is 4.69. The van der Waals surface area contributed by atoms with Gasteiger partial charge in [-0.25, -0.2) is 9.98 Å². The van der Waals surface area contributed by atoms with E-state index in [1.807, 2.05) is 23.7 Å². The molecule has 0 spiro atoms. The molecule has 1 aromatic carbocycles. The van der Waals surface area contributed by atoms with Gasteiger partial charge in [0.1, 0.15) is 5.75 Å². The van der Waals surface area contributed by atoms with Gasteiger partial charge in [-0.15, -0.1) is 11.3 Å². The van der Waals surface area contributed by atoms with Crippen molar-refractivity contribution >= 4 is 34.0 Å². The Balaban J connectivity index is 1.40. The van der Waals surface area contributed by atoms with E-state index in [2.05, 4.69) is 19.8 Å². The number of ether oxygens (including phenoxy) is 1. The Morgan fingerprint density at radius 2 is 2.16 bits per heavy atom. The number of piperazine rings is 1. The number of aliphatic imine (C=N–C) groups is 1. The second kappa shape index (κ2) is 7.09. The van der Waals surface area contributed by atoms with Crippen molar-refractivity contribution in [3.8, 4) is 5.75 Å². The van der Waals surface area contributed by atoms with Gasteiger partial charge in [0.2, 0.25) is 0 Å². The third kappa shape index (κ3) is 3.52. The fraction of sp³-hybridized carbons (Fsp3) is 0.412. The lowest BCUT2D eigenvalue weighted by Gasteiger charge is -2.35. The molecule has 0 amide bonds. The van der Waals surface area contributed by atoms with Crippen molar-refractivity contribution in [1.82, 2.24) is 9.88 Å². The molecule has 6 nitrogen and oxygen atoms in total. The molecule has 132 valence electrons. The van der Waals surface area contributed by atoms with E-state index in [4.69, 9.17) is 22.1 Å². The first-order chi connectivity index (χ1) is 12.2. The van der Waals surface area contributed by atoms with Gasteiger partial charge in [0.05, 0.1) is 13.2 Å². The van der Waals surface area contributed by atoms with E-state index in [-0.39, 0.29) is 0 Å². The minimum atomic E-state index is 0.488. The van der Waals surface area contributed by atoms with Gasteiger partial charge in [0.25, 0.3) is 0 Å². The molecule has 2 N–H and O–H groups in total. The van der Waals surface area contributed by atoms with Crippen molar-refractivity contribution in [2.75, 3.05) is 37.7 Å². The summed E-state index contributed by atoms with van der Waals surface area (Å²) >= 11 is 7.87. The Kier molecular flexibility index (Phi) is 4.67. The lowest BCUT2D eigenvalue weighted by molar-refractivity contribution is 0.353. The van der Waals surface area contributed by atoms with Crippen molar-refractivity contribution in [3.63, 3.8) is 0 Å². The molecular weight excluding hydrogens is 358 g/mol. The number of rotatable bonds is 3. The number of nitrogens with zero attached hydrogens (tertiary/aromatic N) is 4. The minimum absolute atomic E-state index is 0.488. The number of hydrogen-bond acceptors (Lipinski definition) is 5. The largest absolute Gasteiger partial charge is 0.493 e. The first kappa shape index (κ1) is 16.5. The Bertz CT molecular complexity index is 772. The van der Waals surface area contributed by atoms with Crippen LogP contribution in [0.5, 0.6) is 5.75 Å². The predicted octanol–water partition coefficient (Wildman–Crippen LogP) is 2.37. The number of halogens is 1. The van der Waals surface area contributed by atoms with Crippen LogP contribution in [-0.4, -0.2) is 48.6 Å². The van der Waals surface area contributed by atoms with Gasteiger partial charge >= 0.3 is 0 Å². The van der Waals surface area contributed by atoms with Crippen LogP contribution in [0.4, 0.5) is 5.13 Å². The third-order valence-electron chi connectivity index (χ3n) is 4.53. The molecule has 0 atom stereocenters. The number of nitrogens with two attached hydrogens (primary N) is 1. The van der Waals surface area contributed by atoms with Gasteiger partial charge in [-0.05, 0) is 17.7 Å². The Morgan fingerprint density at radius 1 is 1.32 bits per heavy atom. The molecular formula is C17H20ClN5OS. The van der Waals surface area contributed by atoms with Crippen LogP contribution in [0.2, 0.25) is 5.02 Å². The van der Waals surface area contributed by atoms with Crippen molar-refractivity contribution in [1.29, 1.82) is 0 Å². The second-order valence-electron chi connectivity index (χ2n) is 6.11. The molecule has 3 heterocycles. The highest BCUT2D eigenvalue weighted by atomic mass is 35.5. The molecule has 0 radical (unpaired) electrons. The summed E-state index contributed by atoms with van der Waals surface area (Å²) in [6, 6.07) is 3.89. The van der Waals surface area contributed by atoms with Gasteiger partial charge in [-0.2, -0.15) is 0 Å². The SMILES string of the molecule is NC(=NCc1cc(Cl)cc2c1OCC2)N1CCN(c2nccs2)CC1. The highest BCUT2D eigenvalue weighted by Gasteiger charge is 2.21. The third-order valence-corrected chi connectivity index (χ3v) is 5.58. The molecule has 1 aromatic heterocycles. The lowest BCUT2D eigenvalue weighted by Crippen LogP contribution is -2.51. The van der Waals surface area contributed by atoms with Crippen molar-refractivity contribution < 1.29 is 4.74 Å². The number of thiazole rings is 1. The first-order valence-electron chi connectivity index (χ1n) is 8.34. The van der Waals surface area contributed by atoms with Gasteiger partial charge in [-0.3, -0.25) is 0 Å². The Hall–Kier alpha value is -1.99. The summed E-state index contributed by atoms with van der Waals surface area (Å²) in [4.78, 5) is 13.3. The van der Waals surface area contributed by atoms with Crippen LogP contribution in [0.25, 0.3) is 0 Å². The van der Waals surface area contributed by atoms with Gasteiger partial charge in [0, 0.05) is 54.8 Å². The average Bonchev–Trinajstić information content (AvgIpc) is 3.31. The average molecular weight is 378 g/mol. The fourth-order valence-electron chi connectivity index (χ4n) is 3.23. The van der Waals surface area contributed by atoms with Crippen molar-refractivity contribution in [3.05, 3.63) is 39.9 Å². The quantitative estimate of drug-likeness (QED) is 0.657. The zero-order chi connectivity index (χ0) is 17.2. The number of guanidine groups is 1. The van der Waals surface area contributed by atoms with E-state index in [0.29, 0.717) is 19.1 Å². The number of aromatic nitrogens is 1. The zero-order valence-corrected chi connectivity index (χ0v) is 15.4. The highest BCUT2D eigenvalue weighted by Crippen LogP contribution is 2.33. The van der Waals surface area contributed by atoms with Crippen LogP contribution in [0, 0.1) is 0 Å². The summed E-state index contributed by atoms with van der Waals surface area (Å²) in [5.74, 6) is 1.50. The standard InChI is InChI=1S/C17H20ClN5OS/c18-14-9-12-1-7-24-15(12)13(10-14)11-21-16(19)22-3-5-23(6-4-22)17-20-2-8-25-17/h2,8-10H,1,3-7,11H2,(H2,19,21). The summed E-state index contributed by atoms with van der Waals surface area (Å²) in [7, 11) is 0. The van der Waals surface area contributed by atoms with Gasteiger partial charge in [-0.1, -0.05) is 11.6 Å². The minimum Gasteiger partial charge on any atom is -0.493 e. The molecule has 1 fully saturated rings. The maximum atomic E-state index is 6.21. The van der Waals surface area contributed by atoms with E-state index in [9.17, 15) is 0 Å². The van der Waals surface area contributed by atoms with Crippen LogP contribution in [0.1, 0.15) is 11.1 Å². The molecule has 2 aromatic rings. The number of anilines is 1. The smallest absolute Gasteiger partial charge is 0.191 e. The predicted molar refractivity (Wildman–Crippen MR) is 102 cm³/mol. The zero-order valence-electron chi connectivity index (χ0n) is 13.8. The topological polar surface area (TPSA) is 67.0 Å². The summed E-state index contributed by atoms with van der Waals surface area (Å²) in [5.41, 5.74) is 8.38. The van der Waals surface area contributed by atoms with E-state index >= 15 is 0 Å². The van der Waals surface area contributed by atoms with Crippen LogP contribution in [-0.2, 0) is 13.0 Å². The Labute approximate surface area is 155 Å². The fourth-order valence-corrected chi connectivity index (χ4v) is 4.19. The molecule has 1 saturated heterocycles. The molecule has 2 aliphatic rings.